The lowest BCUT2D eigenvalue weighted by molar-refractivity contribution is -0.138. The summed E-state index contributed by atoms with van der Waals surface area (Å²) in [5, 5.41) is 11.6. The predicted molar refractivity (Wildman–Crippen MR) is 106 cm³/mol. The van der Waals surface area contributed by atoms with E-state index in [-0.39, 0.29) is 11.8 Å². The quantitative estimate of drug-likeness (QED) is 0.620. The van der Waals surface area contributed by atoms with Crippen molar-refractivity contribution in [3.63, 3.8) is 0 Å². The molecule has 2 N–H and O–H groups in total. The van der Waals surface area contributed by atoms with Crippen molar-refractivity contribution in [3.8, 4) is 0 Å². The lowest BCUT2D eigenvalue weighted by Crippen LogP contribution is -2.55. The van der Waals surface area contributed by atoms with Gasteiger partial charge in [-0.1, -0.05) is 44.2 Å². The summed E-state index contributed by atoms with van der Waals surface area (Å²) in [4.78, 5) is 40.3. The zero-order chi connectivity index (χ0) is 21.0. The van der Waals surface area contributed by atoms with Crippen LogP contribution in [-0.2, 0) is 25.7 Å². The van der Waals surface area contributed by atoms with E-state index in [4.69, 9.17) is 9.84 Å². The number of nitrogens with zero attached hydrogens (tertiary/aromatic N) is 2. The minimum absolute atomic E-state index is 0.112. The SMILES string of the molecule is CC(C)C[C@H](NC(=O)[C@@H]1O[C@H]1C(=O)O)C(=O)N1CCN(Cc2ccccc2)CC1. The van der Waals surface area contributed by atoms with Gasteiger partial charge in [-0.2, -0.15) is 0 Å². The fraction of sp³-hybridized carbons (Fsp3) is 0.571. The summed E-state index contributed by atoms with van der Waals surface area (Å²) in [6, 6.07) is 9.56. The molecule has 0 unspecified atom stereocenters. The van der Waals surface area contributed by atoms with Crippen LogP contribution in [0.15, 0.2) is 30.3 Å². The number of hydrogen-bond acceptors (Lipinski definition) is 5. The fourth-order valence-electron chi connectivity index (χ4n) is 3.63. The van der Waals surface area contributed by atoms with E-state index in [1.54, 1.807) is 4.90 Å². The molecule has 8 nitrogen and oxygen atoms in total. The highest BCUT2D eigenvalue weighted by atomic mass is 16.6. The lowest BCUT2D eigenvalue weighted by Gasteiger charge is -2.36. The average Bonchev–Trinajstić information content (AvgIpc) is 3.49. The summed E-state index contributed by atoms with van der Waals surface area (Å²) < 4.78 is 4.90. The molecule has 29 heavy (non-hydrogen) atoms. The van der Waals surface area contributed by atoms with Crippen LogP contribution in [0.3, 0.4) is 0 Å². The molecule has 3 atom stereocenters. The van der Waals surface area contributed by atoms with Crippen LogP contribution >= 0.6 is 0 Å². The number of carbonyl (C=O) groups is 3. The van der Waals surface area contributed by atoms with E-state index in [0.29, 0.717) is 19.5 Å². The number of carboxylic acid groups (broad SMARTS) is 1. The second-order valence-electron chi connectivity index (χ2n) is 8.09. The largest absolute Gasteiger partial charge is 0.479 e. The van der Waals surface area contributed by atoms with Gasteiger partial charge in [-0.3, -0.25) is 14.5 Å². The molecule has 2 aliphatic rings. The summed E-state index contributed by atoms with van der Waals surface area (Å²) in [7, 11) is 0. The van der Waals surface area contributed by atoms with E-state index in [1.807, 2.05) is 32.0 Å². The predicted octanol–water partition coefficient (Wildman–Crippen LogP) is 0.714. The maximum Gasteiger partial charge on any atom is 0.336 e. The molecular formula is C21H29N3O5. The van der Waals surface area contributed by atoms with Gasteiger partial charge in [0.05, 0.1) is 0 Å². The smallest absolute Gasteiger partial charge is 0.336 e. The third-order valence-electron chi connectivity index (χ3n) is 5.25. The van der Waals surface area contributed by atoms with Crippen LogP contribution in [0.5, 0.6) is 0 Å². The maximum atomic E-state index is 13.0. The van der Waals surface area contributed by atoms with E-state index < -0.39 is 30.1 Å². The average molecular weight is 403 g/mol. The van der Waals surface area contributed by atoms with Crippen LogP contribution in [0.25, 0.3) is 0 Å². The number of carboxylic acids is 1. The molecule has 0 aromatic heterocycles. The Balaban J connectivity index is 1.53. The van der Waals surface area contributed by atoms with Gasteiger partial charge in [-0.05, 0) is 17.9 Å². The number of ether oxygens (including phenoxy) is 1. The molecule has 0 spiro atoms. The maximum absolute atomic E-state index is 13.0. The van der Waals surface area contributed by atoms with Gasteiger partial charge in [0.2, 0.25) is 5.91 Å². The Labute approximate surface area is 170 Å². The minimum atomic E-state index is -1.16. The summed E-state index contributed by atoms with van der Waals surface area (Å²) in [6.45, 7) is 7.58. The van der Waals surface area contributed by atoms with E-state index in [9.17, 15) is 14.4 Å². The Morgan fingerprint density at radius 3 is 2.31 bits per heavy atom. The number of carbonyl (C=O) groups excluding carboxylic acids is 2. The Morgan fingerprint density at radius 1 is 1.10 bits per heavy atom. The van der Waals surface area contributed by atoms with E-state index in [2.05, 4.69) is 22.3 Å². The molecule has 1 aromatic rings. The first-order valence-electron chi connectivity index (χ1n) is 10.1. The molecule has 2 amide bonds. The molecule has 2 aliphatic heterocycles. The number of aliphatic carboxylic acids is 1. The summed E-state index contributed by atoms with van der Waals surface area (Å²) in [5.74, 6) is -1.59. The highest BCUT2D eigenvalue weighted by Gasteiger charge is 2.51. The molecular weight excluding hydrogens is 374 g/mol. The van der Waals surface area contributed by atoms with Crippen molar-refractivity contribution in [1.82, 2.24) is 15.1 Å². The Bertz CT molecular complexity index is 731. The van der Waals surface area contributed by atoms with Crippen LogP contribution in [-0.4, -0.2) is 77.1 Å². The zero-order valence-corrected chi connectivity index (χ0v) is 16.9. The van der Waals surface area contributed by atoms with E-state index >= 15 is 0 Å². The van der Waals surface area contributed by atoms with Crippen molar-refractivity contribution < 1.29 is 24.2 Å². The highest BCUT2D eigenvalue weighted by molar-refractivity contribution is 5.95. The molecule has 2 heterocycles. The van der Waals surface area contributed by atoms with Gasteiger partial charge in [-0.15, -0.1) is 0 Å². The van der Waals surface area contributed by atoms with Crippen LogP contribution in [0, 0.1) is 5.92 Å². The van der Waals surface area contributed by atoms with Gasteiger partial charge in [0.15, 0.2) is 12.2 Å². The number of epoxide rings is 1. The Kier molecular flexibility index (Phi) is 6.87. The number of hydrogen-bond donors (Lipinski definition) is 2. The number of rotatable bonds is 8. The molecule has 0 bridgehead atoms. The van der Waals surface area contributed by atoms with Crippen molar-refractivity contribution in [2.75, 3.05) is 26.2 Å². The van der Waals surface area contributed by atoms with Crippen LogP contribution in [0.2, 0.25) is 0 Å². The molecule has 3 rings (SSSR count). The third-order valence-corrected chi connectivity index (χ3v) is 5.25. The van der Waals surface area contributed by atoms with Crippen molar-refractivity contribution in [1.29, 1.82) is 0 Å². The molecule has 0 radical (unpaired) electrons. The molecule has 8 heteroatoms. The number of nitrogens with one attached hydrogen (secondary N) is 1. The topological polar surface area (TPSA) is 102 Å². The second kappa shape index (κ2) is 9.37. The van der Waals surface area contributed by atoms with Crippen LogP contribution < -0.4 is 5.32 Å². The van der Waals surface area contributed by atoms with Gasteiger partial charge in [-0.25, -0.2) is 4.79 Å². The van der Waals surface area contributed by atoms with Crippen molar-refractivity contribution in [3.05, 3.63) is 35.9 Å². The first-order chi connectivity index (χ1) is 13.8. The third kappa shape index (κ3) is 5.77. The minimum Gasteiger partial charge on any atom is -0.479 e. The van der Waals surface area contributed by atoms with E-state index in [1.165, 1.54) is 5.56 Å². The fourth-order valence-corrected chi connectivity index (χ4v) is 3.63. The molecule has 0 aliphatic carbocycles. The van der Waals surface area contributed by atoms with Gasteiger partial charge >= 0.3 is 5.97 Å². The molecule has 2 fully saturated rings. The highest BCUT2D eigenvalue weighted by Crippen LogP contribution is 2.23. The summed E-state index contributed by atoms with van der Waals surface area (Å²) in [5.41, 5.74) is 1.25. The van der Waals surface area contributed by atoms with E-state index in [0.717, 1.165) is 19.6 Å². The molecule has 1 aromatic carbocycles. The summed E-state index contributed by atoms with van der Waals surface area (Å²) >= 11 is 0. The van der Waals surface area contributed by atoms with Gasteiger partial charge in [0.1, 0.15) is 6.04 Å². The standard InChI is InChI=1S/C21H29N3O5/c1-14(2)12-16(22-19(25)17-18(29-17)21(27)28)20(26)24-10-8-23(9-11-24)13-15-6-4-3-5-7-15/h3-7,14,16-18H,8-13H2,1-2H3,(H,22,25)(H,27,28)/t16-,17+,18+/m0/s1. The van der Waals surface area contributed by atoms with Crippen LogP contribution in [0.4, 0.5) is 0 Å². The van der Waals surface area contributed by atoms with Crippen molar-refractivity contribution in [2.24, 2.45) is 5.92 Å². The van der Waals surface area contributed by atoms with Crippen molar-refractivity contribution >= 4 is 17.8 Å². The zero-order valence-electron chi connectivity index (χ0n) is 16.9. The van der Waals surface area contributed by atoms with Gasteiger partial charge in [0, 0.05) is 32.7 Å². The Hall–Kier alpha value is -2.45. The second-order valence-corrected chi connectivity index (χ2v) is 8.09. The van der Waals surface area contributed by atoms with Gasteiger partial charge < -0.3 is 20.1 Å². The molecule has 0 saturated carbocycles. The van der Waals surface area contributed by atoms with Crippen molar-refractivity contribution in [2.45, 2.75) is 45.1 Å². The molecule has 158 valence electrons. The number of piperazine rings is 1. The normalized spacial score (nSPS) is 22.9. The first-order valence-corrected chi connectivity index (χ1v) is 10.1. The number of amides is 2. The summed E-state index contributed by atoms with van der Waals surface area (Å²) in [6.07, 6.45) is -1.61. The Morgan fingerprint density at radius 2 is 1.76 bits per heavy atom. The lowest BCUT2D eigenvalue weighted by atomic mass is 10.0. The van der Waals surface area contributed by atoms with Crippen LogP contribution in [0.1, 0.15) is 25.8 Å². The number of benzene rings is 1. The monoisotopic (exact) mass is 403 g/mol. The molecule has 2 saturated heterocycles. The van der Waals surface area contributed by atoms with Gasteiger partial charge in [0.25, 0.3) is 5.91 Å². The first kappa shape index (κ1) is 21.3.